The molecular weight excluding hydrogens is 280 g/mol. The van der Waals surface area contributed by atoms with E-state index in [1.807, 2.05) is 0 Å². The van der Waals surface area contributed by atoms with Crippen molar-refractivity contribution >= 4 is 15.7 Å². The number of benzene rings is 1. The summed E-state index contributed by atoms with van der Waals surface area (Å²) in [5, 5.41) is 18.0. The molecule has 0 saturated heterocycles. The lowest BCUT2D eigenvalue weighted by Gasteiger charge is -2.23. The summed E-state index contributed by atoms with van der Waals surface area (Å²) in [6.45, 7) is 0.743. The number of aliphatic hydroxyl groups excluding tert-OH is 2. The number of hydrogen-bond acceptors (Lipinski definition) is 5. The lowest BCUT2D eigenvalue weighted by Crippen LogP contribution is -2.30. The van der Waals surface area contributed by atoms with E-state index in [2.05, 4.69) is 4.72 Å². The second kappa shape index (κ2) is 6.53. The molecule has 1 saturated carbocycles. The largest absolute Gasteiger partial charge is 0.395 e. The lowest BCUT2D eigenvalue weighted by atomic mass is 10.3. The molecule has 1 aliphatic rings. The van der Waals surface area contributed by atoms with Gasteiger partial charge in [0.15, 0.2) is 0 Å². The van der Waals surface area contributed by atoms with Gasteiger partial charge < -0.3 is 15.1 Å². The predicted molar refractivity (Wildman–Crippen MR) is 76.2 cm³/mol. The summed E-state index contributed by atoms with van der Waals surface area (Å²) in [6, 6.07) is 6.54. The molecule has 112 valence electrons. The molecule has 0 aromatic heterocycles. The molecule has 0 bridgehead atoms. The standard InChI is InChI=1S/C13H20N2O4S/c16-9-7-15(8-10-17)12-3-5-13(6-4-12)20(18,19)14-11-1-2-11/h3-6,11,14,16-17H,1-2,7-10H2. The Labute approximate surface area is 119 Å². The molecule has 1 fully saturated rings. The van der Waals surface area contributed by atoms with E-state index in [1.54, 1.807) is 29.2 Å². The Morgan fingerprint density at radius 2 is 1.65 bits per heavy atom. The summed E-state index contributed by atoms with van der Waals surface area (Å²) in [4.78, 5) is 2.03. The van der Waals surface area contributed by atoms with Gasteiger partial charge in [0.05, 0.1) is 18.1 Å². The van der Waals surface area contributed by atoms with Crippen molar-refractivity contribution in [3.8, 4) is 0 Å². The Kier molecular flexibility index (Phi) is 4.98. The molecule has 0 unspecified atom stereocenters. The van der Waals surface area contributed by atoms with Crippen molar-refractivity contribution < 1.29 is 18.6 Å². The fraction of sp³-hybridized carbons (Fsp3) is 0.538. The quantitative estimate of drug-likeness (QED) is 0.625. The second-order valence-electron chi connectivity index (χ2n) is 4.82. The van der Waals surface area contributed by atoms with Crippen molar-refractivity contribution in [2.75, 3.05) is 31.2 Å². The molecule has 1 aliphatic carbocycles. The molecule has 0 amide bonds. The molecule has 1 aromatic carbocycles. The Morgan fingerprint density at radius 3 is 2.10 bits per heavy atom. The van der Waals surface area contributed by atoms with Crippen molar-refractivity contribution in [2.24, 2.45) is 0 Å². The Bertz CT molecular complexity index is 520. The number of hydrogen-bond donors (Lipinski definition) is 3. The van der Waals surface area contributed by atoms with Gasteiger partial charge in [-0.15, -0.1) is 0 Å². The molecule has 6 nitrogen and oxygen atoms in total. The topological polar surface area (TPSA) is 89.9 Å². The van der Waals surface area contributed by atoms with Crippen LogP contribution in [0.1, 0.15) is 12.8 Å². The third-order valence-electron chi connectivity index (χ3n) is 3.15. The first-order valence-corrected chi connectivity index (χ1v) is 8.14. The summed E-state index contributed by atoms with van der Waals surface area (Å²) < 4.78 is 26.6. The van der Waals surface area contributed by atoms with Gasteiger partial charge in [0.25, 0.3) is 0 Å². The van der Waals surface area contributed by atoms with Crippen LogP contribution in [0.25, 0.3) is 0 Å². The second-order valence-corrected chi connectivity index (χ2v) is 6.54. The molecule has 7 heteroatoms. The zero-order valence-electron chi connectivity index (χ0n) is 11.2. The van der Waals surface area contributed by atoms with Crippen LogP contribution in [0, 0.1) is 0 Å². The van der Waals surface area contributed by atoms with Gasteiger partial charge in [0.2, 0.25) is 10.0 Å². The smallest absolute Gasteiger partial charge is 0.240 e. The van der Waals surface area contributed by atoms with E-state index in [1.165, 1.54) is 0 Å². The van der Waals surface area contributed by atoms with Gasteiger partial charge in [0, 0.05) is 24.8 Å². The molecule has 20 heavy (non-hydrogen) atoms. The molecular formula is C13H20N2O4S. The molecule has 0 spiro atoms. The van der Waals surface area contributed by atoms with Crippen molar-refractivity contribution in [3.63, 3.8) is 0 Å². The van der Waals surface area contributed by atoms with Crippen LogP contribution in [0.4, 0.5) is 5.69 Å². The van der Waals surface area contributed by atoms with E-state index in [9.17, 15) is 8.42 Å². The average molecular weight is 300 g/mol. The number of aliphatic hydroxyl groups is 2. The first-order valence-electron chi connectivity index (χ1n) is 6.66. The maximum Gasteiger partial charge on any atom is 0.240 e. The number of anilines is 1. The molecule has 3 N–H and O–H groups in total. The van der Waals surface area contributed by atoms with Crippen molar-refractivity contribution in [1.29, 1.82) is 0 Å². The average Bonchev–Trinajstić information content (AvgIpc) is 3.22. The van der Waals surface area contributed by atoms with Crippen molar-refractivity contribution in [2.45, 2.75) is 23.8 Å². The summed E-state index contributed by atoms with van der Waals surface area (Å²) in [5.41, 5.74) is 0.776. The minimum atomic E-state index is -3.43. The van der Waals surface area contributed by atoms with Crippen LogP contribution in [0.15, 0.2) is 29.2 Å². The van der Waals surface area contributed by atoms with Crippen LogP contribution in [0.2, 0.25) is 0 Å². The molecule has 0 heterocycles. The molecule has 1 aromatic rings. The Balaban J connectivity index is 2.11. The van der Waals surface area contributed by atoms with Crippen LogP contribution < -0.4 is 9.62 Å². The van der Waals surface area contributed by atoms with E-state index in [0.717, 1.165) is 18.5 Å². The number of nitrogens with zero attached hydrogens (tertiary/aromatic N) is 1. The number of rotatable bonds is 8. The third kappa shape index (κ3) is 3.92. The third-order valence-corrected chi connectivity index (χ3v) is 4.69. The summed E-state index contributed by atoms with van der Waals surface area (Å²) >= 11 is 0. The summed E-state index contributed by atoms with van der Waals surface area (Å²) in [6.07, 6.45) is 1.80. The van der Waals surface area contributed by atoms with Crippen LogP contribution in [-0.4, -0.2) is 51.0 Å². The zero-order chi connectivity index (χ0) is 14.6. The highest BCUT2D eigenvalue weighted by molar-refractivity contribution is 7.89. The molecule has 0 radical (unpaired) electrons. The monoisotopic (exact) mass is 300 g/mol. The fourth-order valence-electron chi connectivity index (χ4n) is 1.94. The summed E-state index contributed by atoms with van der Waals surface area (Å²) in [7, 11) is -3.43. The maximum absolute atomic E-state index is 12.0. The van der Waals surface area contributed by atoms with E-state index >= 15 is 0 Å². The molecule has 0 aliphatic heterocycles. The van der Waals surface area contributed by atoms with Gasteiger partial charge in [-0.25, -0.2) is 13.1 Å². The summed E-state index contributed by atoms with van der Waals surface area (Å²) in [5.74, 6) is 0. The van der Waals surface area contributed by atoms with E-state index in [4.69, 9.17) is 10.2 Å². The first-order chi connectivity index (χ1) is 9.56. The maximum atomic E-state index is 12.0. The minimum Gasteiger partial charge on any atom is -0.395 e. The number of nitrogens with one attached hydrogen (secondary N) is 1. The van der Waals surface area contributed by atoms with Gasteiger partial charge in [-0.05, 0) is 37.1 Å². The van der Waals surface area contributed by atoms with Gasteiger partial charge in [-0.2, -0.15) is 0 Å². The van der Waals surface area contributed by atoms with Crippen LogP contribution in [-0.2, 0) is 10.0 Å². The zero-order valence-corrected chi connectivity index (χ0v) is 12.0. The van der Waals surface area contributed by atoms with Crippen LogP contribution in [0.3, 0.4) is 0 Å². The first kappa shape index (κ1) is 15.2. The van der Waals surface area contributed by atoms with E-state index < -0.39 is 10.0 Å². The lowest BCUT2D eigenvalue weighted by molar-refractivity contribution is 0.281. The highest BCUT2D eigenvalue weighted by atomic mass is 32.2. The Morgan fingerprint density at radius 1 is 1.10 bits per heavy atom. The minimum absolute atomic E-state index is 0.0245. The normalized spacial score (nSPS) is 15.3. The van der Waals surface area contributed by atoms with Gasteiger partial charge in [-0.3, -0.25) is 0 Å². The van der Waals surface area contributed by atoms with Crippen LogP contribution in [0.5, 0.6) is 0 Å². The predicted octanol–water partition coefficient (Wildman–Crippen LogP) is -0.0817. The SMILES string of the molecule is O=S(=O)(NC1CC1)c1ccc(N(CCO)CCO)cc1. The molecule has 0 atom stereocenters. The fourth-order valence-corrected chi connectivity index (χ4v) is 3.24. The van der Waals surface area contributed by atoms with Crippen molar-refractivity contribution in [3.05, 3.63) is 24.3 Å². The Hall–Kier alpha value is -1.15. The van der Waals surface area contributed by atoms with Crippen molar-refractivity contribution in [1.82, 2.24) is 4.72 Å². The highest BCUT2D eigenvalue weighted by Crippen LogP contribution is 2.23. The van der Waals surface area contributed by atoms with Gasteiger partial charge >= 0.3 is 0 Å². The van der Waals surface area contributed by atoms with E-state index in [-0.39, 0.29) is 24.2 Å². The molecule has 2 rings (SSSR count). The number of sulfonamides is 1. The van der Waals surface area contributed by atoms with E-state index in [0.29, 0.717) is 13.1 Å². The van der Waals surface area contributed by atoms with Gasteiger partial charge in [-0.1, -0.05) is 0 Å². The highest BCUT2D eigenvalue weighted by Gasteiger charge is 2.27. The van der Waals surface area contributed by atoms with Crippen LogP contribution >= 0.6 is 0 Å². The van der Waals surface area contributed by atoms with Gasteiger partial charge in [0.1, 0.15) is 0 Å².